The molecule has 3 aromatic rings. The van der Waals surface area contributed by atoms with Gasteiger partial charge >= 0.3 is 0 Å². The fraction of sp³-hybridized carbons (Fsp3) is 0.240. The molecule has 2 aromatic carbocycles. The summed E-state index contributed by atoms with van der Waals surface area (Å²) in [6.07, 6.45) is 4.82. The zero-order chi connectivity index (χ0) is 22.0. The number of hydrogen-bond acceptors (Lipinski definition) is 5. The molecule has 0 saturated carbocycles. The average molecular weight is 406 g/mol. The molecule has 0 aliphatic rings. The average Bonchev–Trinajstić information content (AvgIpc) is 2.66. The van der Waals surface area contributed by atoms with Crippen LogP contribution < -0.4 is 5.43 Å². The summed E-state index contributed by atoms with van der Waals surface area (Å²) in [5.41, 5.74) is 3.71. The van der Waals surface area contributed by atoms with Crippen LogP contribution in [-0.2, 0) is 12.8 Å². The van der Waals surface area contributed by atoms with Crippen molar-refractivity contribution in [2.24, 2.45) is 0 Å². The van der Waals surface area contributed by atoms with Crippen molar-refractivity contribution in [2.45, 2.75) is 40.5 Å². The van der Waals surface area contributed by atoms with Gasteiger partial charge in [-0.05, 0) is 64.3 Å². The van der Waals surface area contributed by atoms with Crippen molar-refractivity contribution in [2.75, 3.05) is 0 Å². The Labute approximate surface area is 175 Å². The standard InChI is InChI=1S/C25H26O5/c1-14(2)5-7-16-11-17(8-10-19(16)26)23-13-22(29)24-21(28)12-20(27)18(25(24)30-23)9-6-15(3)4/h5-6,8,10-13,26-28H,7,9H2,1-4H3. The van der Waals surface area contributed by atoms with Crippen LogP contribution >= 0.6 is 0 Å². The maximum atomic E-state index is 12.8. The molecule has 5 heteroatoms. The Morgan fingerprint density at radius 1 is 0.867 bits per heavy atom. The van der Waals surface area contributed by atoms with Crippen LogP contribution in [0.2, 0.25) is 0 Å². The second kappa shape index (κ2) is 8.49. The Balaban J connectivity index is 2.22. The van der Waals surface area contributed by atoms with Gasteiger partial charge in [0.2, 0.25) is 0 Å². The quantitative estimate of drug-likeness (QED) is 0.480. The number of phenols is 3. The minimum absolute atomic E-state index is 0.0391. The summed E-state index contributed by atoms with van der Waals surface area (Å²) in [6.45, 7) is 7.84. The number of hydrogen-bond donors (Lipinski definition) is 3. The predicted octanol–water partition coefficient (Wildman–Crippen LogP) is 5.59. The van der Waals surface area contributed by atoms with Crippen molar-refractivity contribution in [3.63, 3.8) is 0 Å². The lowest BCUT2D eigenvalue weighted by Crippen LogP contribution is -2.03. The number of phenolic OH excluding ortho intramolecular Hbond substituents is 3. The highest BCUT2D eigenvalue weighted by Crippen LogP contribution is 2.36. The van der Waals surface area contributed by atoms with E-state index >= 15 is 0 Å². The van der Waals surface area contributed by atoms with E-state index in [1.807, 2.05) is 39.8 Å². The van der Waals surface area contributed by atoms with Gasteiger partial charge in [-0.3, -0.25) is 4.79 Å². The van der Waals surface area contributed by atoms with Crippen LogP contribution in [0.3, 0.4) is 0 Å². The Morgan fingerprint density at radius 3 is 2.20 bits per heavy atom. The number of rotatable bonds is 5. The molecule has 1 aromatic heterocycles. The molecule has 0 radical (unpaired) electrons. The van der Waals surface area contributed by atoms with Crippen molar-refractivity contribution in [1.82, 2.24) is 0 Å². The summed E-state index contributed by atoms with van der Waals surface area (Å²) >= 11 is 0. The van der Waals surface area contributed by atoms with Crippen LogP contribution in [0.1, 0.15) is 38.8 Å². The molecule has 0 bridgehead atoms. The Bertz CT molecular complexity index is 1220. The van der Waals surface area contributed by atoms with Gasteiger partial charge in [0.15, 0.2) is 5.43 Å². The summed E-state index contributed by atoms with van der Waals surface area (Å²) in [6, 6.07) is 7.50. The molecule has 5 nitrogen and oxygen atoms in total. The van der Waals surface area contributed by atoms with E-state index in [0.29, 0.717) is 35.3 Å². The number of benzene rings is 2. The van der Waals surface area contributed by atoms with Gasteiger partial charge in [-0.25, -0.2) is 0 Å². The molecule has 0 unspecified atom stereocenters. The highest BCUT2D eigenvalue weighted by Gasteiger charge is 2.18. The summed E-state index contributed by atoms with van der Waals surface area (Å²) in [5.74, 6) is 0.0137. The maximum absolute atomic E-state index is 12.8. The first kappa shape index (κ1) is 21.2. The summed E-state index contributed by atoms with van der Waals surface area (Å²) in [4.78, 5) is 12.8. The molecule has 0 amide bonds. The van der Waals surface area contributed by atoms with E-state index in [1.54, 1.807) is 18.2 Å². The molecule has 156 valence electrons. The lowest BCUT2D eigenvalue weighted by Gasteiger charge is -2.11. The molecule has 0 spiro atoms. The van der Waals surface area contributed by atoms with Gasteiger partial charge < -0.3 is 19.7 Å². The monoisotopic (exact) mass is 406 g/mol. The fourth-order valence-corrected chi connectivity index (χ4v) is 3.22. The molecule has 0 aliphatic heterocycles. The topological polar surface area (TPSA) is 90.9 Å². The zero-order valence-corrected chi connectivity index (χ0v) is 17.6. The third-order valence-corrected chi connectivity index (χ3v) is 4.87. The number of fused-ring (bicyclic) bond motifs is 1. The van der Waals surface area contributed by atoms with E-state index in [4.69, 9.17) is 4.42 Å². The lowest BCUT2D eigenvalue weighted by atomic mass is 10.0. The highest BCUT2D eigenvalue weighted by molar-refractivity contribution is 5.89. The molecule has 0 saturated heterocycles. The summed E-state index contributed by atoms with van der Waals surface area (Å²) in [7, 11) is 0. The van der Waals surface area contributed by atoms with E-state index < -0.39 is 5.43 Å². The van der Waals surface area contributed by atoms with Crippen molar-refractivity contribution in [1.29, 1.82) is 0 Å². The first-order valence-electron chi connectivity index (χ1n) is 9.78. The first-order chi connectivity index (χ1) is 14.2. The maximum Gasteiger partial charge on any atom is 0.197 e. The van der Waals surface area contributed by atoms with Crippen molar-refractivity contribution in [3.8, 4) is 28.6 Å². The van der Waals surface area contributed by atoms with Crippen LogP contribution in [-0.4, -0.2) is 15.3 Å². The largest absolute Gasteiger partial charge is 0.508 e. The number of aromatic hydroxyl groups is 3. The van der Waals surface area contributed by atoms with E-state index in [0.717, 1.165) is 11.1 Å². The Kier molecular flexibility index (Phi) is 6.01. The second-order valence-electron chi connectivity index (χ2n) is 7.89. The molecule has 0 atom stereocenters. The van der Waals surface area contributed by atoms with E-state index in [9.17, 15) is 20.1 Å². The van der Waals surface area contributed by atoms with Crippen molar-refractivity contribution >= 4 is 11.0 Å². The van der Waals surface area contributed by atoms with Crippen LogP contribution in [0.4, 0.5) is 0 Å². The van der Waals surface area contributed by atoms with Gasteiger partial charge in [0.05, 0.1) is 0 Å². The smallest absolute Gasteiger partial charge is 0.197 e. The van der Waals surface area contributed by atoms with Crippen LogP contribution in [0.5, 0.6) is 17.2 Å². The predicted molar refractivity (Wildman–Crippen MR) is 119 cm³/mol. The third-order valence-electron chi connectivity index (χ3n) is 4.87. The van der Waals surface area contributed by atoms with E-state index in [-0.39, 0.29) is 28.2 Å². The van der Waals surface area contributed by atoms with Crippen molar-refractivity contribution < 1.29 is 19.7 Å². The van der Waals surface area contributed by atoms with Crippen LogP contribution in [0, 0.1) is 0 Å². The van der Waals surface area contributed by atoms with Gasteiger partial charge in [-0.2, -0.15) is 0 Å². The Morgan fingerprint density at radius 2 is 1.53 bits per heavy atom. The van der Waals surface area contributed by atoms with Crippen molar-refractivity contribution in [3.05, 3.63) is 75.0 Å². The normalized spacial score (nSPS) is 10.8. The fourth-order valence-electron chi connectivity index (χ4n) is 3.22. The van der Waals surface area contributed by atoms with Gasteiger partial charge in [-0.1, -0.05) is 23.3 Å². The van der Waals surface area contributed by atoms with E-state index in [2.05, 4.69) is 0 Å². The number of allylic oxidation sites excluding steroid dienone is 4. The molecule has 1 heterocycles. The summed E-state index contributed by atoms with van der Waals surface area (Å²) < 4.78 is 6.03. The highest BCUT2D eigenvalue weighted by atomic mass is 16.3. The molecule has 0 fully saturated rings. The molecule has 0 aliphatic carbocycles. The Hall–Kier alpha value is -3.47. The van der Waals surface area contributed by atoms with Gasteiger partial charge in [0, 0.05) is 23.3 Å². The van der Waals surface area contributed by atoms with Crippen LogP contribution in [0.15, 0.2) is 62.8 Å². The van der Waals surface area contributed by atoms with Gasteiger partial charge in [0.1, 0.15) is 34.0 Å². The minimum atomic E-state index is -0.402. The molecular formula is C25H26O5. The SMILES string of the molecule is CC(C)=CCc1cc(-c2cc(=O)c3c(O)cc(O)c(CC=C(C)C)c3o2)ccc1O. The minimum Gasteiger partial charge on any atom is -0.508 e. The molecule has 30 heavy (non-hydrogen) atoms. The van der Waals surface area contributed by atoms with Gasteiger partial charge in [-0.15, -0.1) is 0 Å². The first-order valence-corrected chi connectivity index (χ1v) is 9.78. The molecular weight excluding hydrogens is 380 g/mol. The lowest BCUT2D eigenvalue weighted by molar-refractivity contribution is 0.448. The van der Waals surface area contributed by atoms with Gasteiger partial charge in [0.25, 0.3) is 0 Å². The molecule has 3 rings (SSSR count). The summed E-state index contributed by atoms with van der Waals surface area (Å²) in [5, 5.41) is 30.8. The second-order valence-corrected chi connectivity index (χ2v) is 7.89. The molecule has 3 N–H and O–H groups in total. The zero-order valence-electron chi connectivity index (χ0n) is 17.6. The van der Waals surface area contributed by atoms with E-state index in [1.165, 1.54) is 12.1 Å². The third kappa shape index (κ3) is 4.40. The van der Waals surface area contributed by atoms with Crippen LogP contribution in [0.25, 0.3) is 22.3 Å².